The lowest BCUT2D eigenvalue weighted by Gasteiger charge is -2.13. The van der Waals surface area contributed by atoms with E-state index in [1.54, 1.807) is 0 Å². The van der Waals surface area contributed by atoms with E-state index in [0.717, 1.165) is 12.1 Å². The summed E-state index contributed by atoms with van der Waals surface area (Å²) in [5, 5.41) is 0. The first-order chi connectivity index (χ1) is 8.08. The van der Waals surface area contributed by atoms with Gasteiger partial charge in [-0.05, 0) is 6.07 Å². The van der Waals surface area contributed by atoms with E-state index in [1.807, 2.05) is 0 Å². The van der Waals surface area contributed by atoms with E-state index in [1.165, 1.54) is 14.2 Å². The predicted molar refractivity (Wildman–Crippen MR) is 55.9 cm³/mol. The number of benzene rings is 1. The smallest absolute Gasteiger partial charge is 0.375 e. The van der Waals surface area contributed by atoms with Crippen LogP contribution in [0.2, 0.25) is 0 Å². The van der Waals surface area contributed by atoms with Crippen LogP contribution in [0.15, 0.2) is 18.2 Å². The molecule has 1 atom stereocenters. The molecule has 0 saturated carbocycles. The summed E-state index contributed by atoms with van der Waals surface area (Å²) < 4.78 is 53.9. The van der Waals surface area contributed by atoms with E-state index in [0.29, 0.717) is 6.07 Å². The van der Waals surface area contributed by atoms with E-state index in [9.17, 15) is 13.2 Å². The van der Waals surface area contributed by atoms with Crippen LogP contribution >= 0.6 is 0 Å². The molecule has 0 fully saturated rings. The number of hydrogen-bond acceptors (Lipinski definition) is 3. The molecule has 0 amide bonds. The van der Waals surface area contributed by atoms with Crippen LogP contribution in [0.4, 0.5) is 13.2 Å². The molecular formula is C10H12F3O3Si. The molecule has 1 rings (SSSR count). The lowest BCUT2D eigenvalue weighted by molar-refractivity contribution is 0.100. The van der Waals surface area contributed by atoms with Gasteiger partial charge in [0.2, 0.25) is 0 Å². The molecule has 0 spiro atoms. The van der Waals surface area contributed by atoms with Gasteiger partial charge < -0.3 is 13.3 Å². The van der Waals surface area contributed by atoms with Crippen molar-refractivity contribution in [1.29, 1.82) is 0 Å². The van der Waals surface area contributed by atoms with Crippen LogP contribution in [-0.4, -0.2) is 30.4 Å². The van der Waals surface area contributed by atoms with Crippen molar-refractivity contribution in [2.75, 3.05) is 20.8 Å². The largest absolute Gasteiger partial charge is 0.577 e. The first-order valence-electron chi connectivity index (χ1n) is 4.75. The lowest BCUT2D eigenvalue weighted by atomic mass is 10.1. The van der Waals surface area contributed by atoms with Crippen LogP contribution in [0.1, 0.15) is 11.7 Å². The Kier molecular flexibility index (Phi) is 5.62. The van der Waals surface area contributed by atoms with Crippen LogP contribution in [-0.2, 0) is 13.3 Å². The van der Waals surface area contributed by atoms with Crippen molar-refractivity contribution in [2.45, 2.75) is 6.17 Å². The summed E-state index contributed by atoms with van der Waals surface area (Å²) >= 11 is 0. The number of alkyl halides is 1. The standard InChI is InChI=1S/C10H12F3O3Si/c1-14-17(15-2)16-6-10(13)8-4-3-7(11)5-9(8)12/h3-5,10H,6H2,1-2H3. The molecule has 0 aromatic heterocycles. The lowest BCUT2D eigenvalue weighted by Crippen LogP contribution is -2.25. The van der Waals surface area contributed by atoms with Gasteiger partial charge in [-0.1, -0.05) is 6.07 Å². The van der Waals surface area contributed by atoms with Gasteiger partial charge in [-0.15, -0.1) is 0 Å². The Labute approximate surface area is 99.1 Å². The highest BCUT2D eigenvalue weighted by Crippen LogP contribution is 2.22. The average Bonchev–Trinajstić information content (AvgIpc) is 2.30. The maximum absolute atomic E-state index is 13.6. The minimum absolute atomic E-state index is 0.250. The first-order valence-corrected chi connectivity index (χ1v) is 5.97. The summed E-state index contributed by atoms with van der Waals surface area (Å²) in [7, 11) is 0.747. The second-order valence-electron chi connectivity index (χ2n) is 3.10. The van der Waals surface area contributed by atoms with Crippen molar-refractivity contribution in [3.05, 3.63) is 35.4 Å². The predicted octanol–water partition coefficient (Wildman–Crippen LogP) is 2.27. The second kappa shape index (κ2) is 6.75. The highest BCUT2D eigenvalue weighted by atomic mass is 28.3. The number of rotatable bonds is 6. The molecule has 0 aliphatic rings. The van der Waals surface area contributed by atoms with E-state index >= 15 is 0 Å². The van der Waals surface area contributed by atoms with Gasteiger partial charge in [0.05, 0.1) is 6.61 Å². The maximum Gasteiger partial charge on any atom is 0.577 e. The summed E-state index contributed by atoms with van der Waals surface area (Å²) in [4.78, 5) is 0. The van der Waals surface area contributed by atoms with Gasteiger partial charge in [-0.3, -0.25) is 0 Å². The van der Waals surface area contributed by atoms with Crippen molar-refractivity contribution < 1.29 is 26.4 Å². The Hall–Kier alpha value is -0.893. The summed E-state index contributed by atoms with van der Waals surface area (Å²) in [5.41, 5.74) is -0.250. The third-order valence-corrected chi connectivity index (χ3v) is 3.05. The third-order valence-electron chi connectivity index (χ3n) is 1.98. The van der Waals surface area contributed by atoms with E-state index < -0.39 is 33.9 Å². The minimum Gasteiger partial charge on any atom is -0.375 e. The zero-order valence-electron chi connectivity index (χ0n) is 9.38. The third kappa shape index (κ3) is 4.12. The van der Waals surface area contributed by atoms with Crippen LogP contribution in [0.5, 0.6) is 0 Å². The Morgan fingerprint density at radius 3 is 2.41 bits per heavy atom. The van der Waals surface area contributed by atoms with Gasteiger partial charge in [0.15, 0.2) is 6.17 Å². The molecule has 0 heterocycles. The highest BCUT2D eigenvalue weighted by molar-refractivity contribution is 6.36. The molecule has 0 bridgehead atoms. The molecule has 0 N–H and O–H groups in total. The van der Waals surface area contributed by atoms with Gasteiger partial charge in [-0.2, -0.15) is 0 Å². The van der Waals surface area contributed by atoms with Crippen LogP contribution < -0.4 is 0 Å². The molecule has 17 heavy (non-hydrogen) atoms. The quantitative estimate of drug-likeness (QED) is 0.738. The molecule has 1 aromatic carbocycles. The number of hydrogen-bond donors (Lipinski definition) is 0. The second-order valence-corrected chi connectivity index (χ2v) is 4.71. The normalized spacial score (nSPS) is 13.1. The Morgan fingerprint density at radius 1 is 1.24 bits per heavy atom. The molecule has 95 valence electrons. The van der Waals surface area contributed by atoms with E-state index in [4.69, 9.17) is 13.3 Å². The fourth-order valence-corrected chi connectivity index (χ4v) is 1.87. The zero-order valence-corrected chi connectivity index (χ0v) is 10.4. The molecule has 1 aromatic rings. The van der Waals surface area contributed by atoms with Crippen molar-refractivity contribution >= 4 is 9.53 Å². The molecule has 7 heteroatoms. The molecule has 0 aliphatic carbocycles. The Balaban J connectivity index is 2.60. The first kappa shape index (κ1) is 14.2. The Morgan fingerprint density at radius 2 is 1.88 bits per heavy atom. The van der Waals surface area contributed by atoms with E-state index in [-0.39, 0.29) is 5.56 Å². The van der Waals surface area contributed by atoms with E-state index in [2.05, 4.69) is 0 Å². The van der Waals surface area contributed by atoms with Crippen molar-refractivity contribution in [2.24, 2.45) is 0 Å². The molecule has 1 unspecified atom stereocenters. The number of halogens is 3. The topological polar surface area (TPSA) is 27.7 Å². The van der Waals surface area contributed by atoms with Crippen LogP contribution in [0.3, 0.4) is 0 Å². The molecule has 3 nitrogen and oxygen atoms in total. The summed E-state index contributed by atoms with van der Waals surface area (Å²) in [6.07, 6.45) is -1.69. The SMILES string of the molecule is CO[Si](OC)OCC(F)c1ccc(F)cc1F. The van der Waals surface area contributed by atoms with Crippen molar-refractivity contribution in [3.63, 3.8) is 0 Å². The maximum atomic E-state index is 13.6. The summed E-state index contributed by atoms with van der Waals surface area (Å²) in [5.74, 6) is -1.69. The van der Waals surface area contributed by atoms with Crippen LogP contribution in [0, 0.1) is 11.6 Å². The van der Waals surface area contributed by atoms with Gasteiger partial charge in [0.25, 0.3) is 0 Å². The summed E-state index contributed by atoms with van der Waals surface area (Å²) in [6.45, 7) is -0.404. The van der Waals surface area contributed by atoms with Gasteiger partial charge in [0, 0.05) is 25.8 Å². The monoisotopic (exact) mass is 265 g/mol. The van der Waals surface area contributed by atoms with Gasteiger partial charge in [-0.25, -0.2) is 13.2 Å². The minimum atomic E-state index is -1.98. The molecule has 0 aliphatic heterocycles. The van der Waals surface area contributed by atoms with Gasteiger partial charge >= 0.3 is 9.53 Å². The fourth-order valence-electron chi connectivity index (χ4n) is 1.19. The fraction of sp³-hybridized carbons (Fsp3) is 0.400. The zero-order chi connectivity index (χ0) is 12.8. The molecule has 0 saturated heterocycles. The average molecular weight is 265 g/mol. The van der Waals surface area contributed by atoms with Gasteiger partial charge in [0.1, 0.15) is 11.6 Å². The van der Waals surface area contributed by atoms with Crippen LogP contribution in [0.25, 0.3) is 0 Å². The van der Waals surface area contributed by atoms with Crippen molar-refractivity contribution in [1.82, 2.24) is 0 Å². The highest BCUT2D eigenvalue weighted by Gasteiger charge is 2.21. The van der Waals surface area contributed by atoms with Crippen molar-refractivity contribution in [3.8, 4) is 0 Å². The summed E-state index contributed by atoms with van der Waals surface area (Å²) in [6, 6.07) is 2.66. The molecule has 1 radical (unpaired) electrons. The molecular weight excluding hydrogens is 253 g/mol. The Bertz CT molecular complexity index is 361.